The van der Waals surface area contributed by atoms with Crippen LogP contribution in [0.2, 0.25) is 0 Å². The summed E-state index contributed by atoms with van der Waals surface area (Å²) in [6.07, 6.45) is -0.633. The summed E-state index contributed by atoms with van der Waals surface area (Å²) in [4.78, 5) is 32.9. The molecule has 0 aromatic heterocycles. The molecule has 7 nitrogen and oxygen atoms in total. The molecule has 3 amide bonds. The molecule has 0 aromatic rings. The van der Waals surface area contributed by atoms with Crippen molar-refractivity contribution in [1.29, 1.82) is 0 Å². The van der Waals surface area contributed by atoms with Crippen LogP contribution in [0, 0.1) is 5.92 Å². The fourth-order valence-corrected chi connectivity index (χ4v) is 1.68. The van der Waals surface area contributed by atoms with Gasteiger partial charge in [0.05, 0.1) is 0 Å². The highest BCUT2D eigenvalue weighted by Gasteiger charge is 2.29. The maximum Gasteiger partial charge on any atom is 0.405 e. The van der Waals surface area contributed by atoms with Crippen molar-refractivity contribution in [2.45, 2.75) is 25.4 Å². The van der Waals surface area contributed by atoms with Crippen molar-refractivity contribution in [1.82, 2.24) is 5.32 Å². The Hall–Kier alpha value is -1.79. The zero-order chi connectivity index (χ0) is 12.1. The molecule has 1 heterocycles. The molecule has 0 spiro atoms. The second kappa shape index (κ2) is 5.34. The number of carbonyl (C=O) groups is 3. The molecule has 0 bridgehead atoms. The van der Waals surface area contributed by atoms with Crippen LogP contribution in [0.4, 0.5) is 4.79 Å². The highest BCUT2D eigenvalue weighted by atomic mass is 16.6. The van der Waals surface area contributed by atoms with E-state index in [1.165, 1.54) is 0 Å². The van der Waals surface area contributed by atoms with E-state index in [9.17, 15) is 14.4 Å². The van der Waals surface area contributed by atoms with Gasteiger partial charge in [-0.2, -0.15) is 0 Å². The van der Waals surface area contributed by atoms with Crippen molar-refractivity contribution in [3.8, 4) is 0 Å². The van der Waals surface area contributed by atoms with Gasteiger partial charge in [-0.3, -0.25) is 9.59 Å². The second-order valence-corrected chi connectivity index (χ2v) is 3.69. The minimum atomic E-state index is -1.13. The Labute approximate surface area is 92.5 Å². The molecule has 1 rings (SSSR count). The van der Waals surface area contributed by atoms with E-state index < -0.39 is 18.1 Å². The average Bonchev–Trinajstić information content (AvgIpc) is 2.19. The highest BCUT2D eigenvalue weighted by molar-refractivity contribution is 5.84. The van der Waals surface area contributed by atoms with Crippen LogP contribution in [-0.4, -0.2) is 30.6 Å². The number of hydrogen-bond donors (Lipinski definition) is 3. The van der Waals surface area contributed by atoms with Gasteiger partial charge in [0, 0.05) is 18.9 Å². The molecule has 0 saturated carbocycles. The third-order valence-corrected chi connectivity index (χ3v) is 2.47. The number of nitrogens with one attached hydrogen (secondary N) is 1. The molecule has 90 valence electrons. The van der Waals surface area contributed by atoms with Crippen molar-refractivity contribution < 1.29 is 19.1 Å². The van der Waals surface area contributed by atoms with Crippen molar-refractivity contribution >= 4 is 17.9 Å². The Morgan fingerprint density at radius 3 is 2.69 bits per heavy atom. The number of primary amides is 2. The molecule has 7 heteroatoms. The highest BCUT2D eigenvalue weighted by Crippen LogP contribution is 2.18. The molecule has 1 aliphatic heterocycles. The lowest BCUT2D eigenvalue weighted by Crippen LogP contribution is -2.42. The van der Waals surface area contributed by atoms with Gasteiger partial charge in [-0.05, 0) is 12.8 Å². The number of ether oxygens (including phenoxy) is 1. The fraction of sp³-hybridized carbons (Fsp3) is 0.667. The van der Waals surface area contributed by atoms with Crippen LogP contribution in [0.3, 0.4) is 0 Å². The molecule has 0 radical (unpaired) electrons. The Morgan fingerprint density at radius 1 is 1.50 bits per heavy atom. The van der Waals surface area contributed by atoms with Gasteiger partial charge in [-0.15, -0.1) is 0 Å². The summed E-state index contributed by atoms with van der Waals surface area (Å²) < 4.78 is 4.55. The van der Waals surface area contributed by atoms with Gasteiger partial charge in [0.2, 0.25) is 5.91 Å². The predicted octanol–water partition coefficient (Wildman–Crippen LogP) is -1.15. The number of hydrogen-bond acceptors (Lipinski definition) is 4. The SMILES string of the molecule is NC(=O)O[C@@H](C[C@@H]1CCCNC1=O)C(N)=O. The summed E-state index contributed by atoms with van der Waals surface area (Å²) in [5.74, 6) is -1.30. The van der Waals surface area contributed by atoms with Crippen LogP contribution >= 0.6 is 0 Å². The van der Waals surface area contributed by atoms with Crippen molar-refractivity contribution in [3.63, 3.8) is 0 Å². The first kappa shape index (κ1) is 12.3. The van der Waals surface area contributed by atoms with E-state index in [0.717, 1.165) is 6.42 Å². The summed E-state index contributed by atoms with van der Waals surface area (Å²) in [5.41, 5.74) is 9.85. The van der Waals surface area contributed by atoms with Gasteiger partial charge < -0.3 is 21.5 Å². The summed E-state index contributed by atoms with van der Waals surface area (Å²) in [6, 6.07) is 0. The van der Waals surface area contributed by atoms with E-state index in [0.29, 0.717) is 13.0 Å². The van der Waals surface area contributed by atoms with Crippen LogP contribution in [0.25, 0.3) is 0 Å². The Balaban J connectivity index is 2.56. The molecular formula is C9H15N3O4. The maximum absolute atomic E-state index is 11.4. The molecule has 1 fully saturated rings. The molecule has 1 saturated heterocycles. The largest absolute Gasteiger partial charge is 0.436 e. The van der Waals surface area contributed by atoms with Crippen LogP contribution in [-0.2, 0) is 14.3 Å². The maximum atomic E-state index is 11.4. The molecule has 0 aliphatic carbocycles. The van der Waals surface area contributed by atoms with Gasteiger partial charge >= 0.3 is 6.09 Å². The first-order valence-electron chi connectivity index (χ1n) is 5.04. The number of amides is 3. The third-order valence-electron chi connectivity index (χ3n) is 2.47. The Kier molecular flexibility index (Phi) is 4.10. The normalized spacial score (nSPS) is 22.0. The van der Waals surface area contributed by atoms with E-state index in [1.54, 1.807) is 0 Å². The average molecular weight is 229 g/mol. The van der Waals surface area contributed by atoms with E-state index in [4.69, 9.17) is 11.5 Å². The molecule has 0 aromatic carbocycles. The predicted molar refractivity (Wildman–Crippen MR) is 54.0 cm³/mol. The lowest BCUT2D eigenvalue weighted by Gasteiger charge is -2.24. The van der Waals surface area contributed by atoms with E-state index in [2.05, 4.69) is 10.1 Å². The van der Waals surface area contributed by atoms with Gasteiger partial charge in [-0.25, -0.2) is 4.79 Å². The zero-order valence-corrected chi connectivity index (χ0v) is 8.77. The minimum absolute atomic E-state index is 0.0874. The fourth-order valence-electron chi connectivity index (χ4n) is 1.68. The molecule has 0 unspecified atom stereocenters. The van der Waals surface area contributed by atoms with Gasteiger partial charge in [0.1, 0.15) is 0 Å². The van der Waals surface area contributed by atoms with Gasteiger partial charge in [0.25, 0.3) is 5.91 Å². The number of nitrogens with two attached hydrogens (primary N) is 2. The number of carbonyl (C=O) groups excluding carboxylic acids is 3. The van der Waals surface area contributed by atoms with Crippen molar-refractivity contribution in [3.05, 3.63) is 0 Å². The second-order valence-electron chi connectivity index (χ2n) is 3.69. The molecule has 16 heavy (non-hydrogen) atoms. The van der Waals surface area contributed by atoms with E-state index in [-0.39, 0.29) is 18.2 Å². The smallest absolute Gasteiger partial charge is 0.405 e. The van der Waals surface area contributed by atoms with Crippen LogP contribution in [0.15, 0.2) is 0 Å². The van der Waals surface area contributed by atoms with Crippen molar-refractivity contribution in [2.24, 2.45) is 17.4 Å². The van der Waals surface area contributed by atoms with Crippen LogP contribution in [0.1, 0.15) is 19.3 Å². The lowest BCUT2D eigenvalue weighted by atomic mass is 9.92. The summed E-state index contributed by atoms with van der Waals surface area (Å²) in [7, 11) is 0. The number of rotatable bonds is 4. The summed E-state index contributed by atoms with van der Waals surface area (Å²) in [6.45, 7) is 0.632. The standard InChI is InChI=1S/C9H15N3O4/c10-7(13)6(16-9(11)15)4-5-2-1-3-12-8(5)14/h5-6H,1-4H2,(H2,10,13)(H2,11,15)(H,12,14)/t5-,6-/m0/s1. The van der Waals surface area contributed by atoms with E-state index >= 15 is 0 Å². The molecule has 2 atom stereocenters. The number of piperidine rings is 1. The third kappa shape index (κ3) is 3.41. The molecular weight excluding hydrogens is 214 g/mol. The summed E-state index contributed by atoms with van der Waals surface area (Å²) >= 11 is 0. The Bertz CT molecular complexity index is 305. The minimum Gasteiger partial charge on any atom is -0.436 e. The molecule has 1 aliphatic rings. The monoisotopic (exact) mass is 229 g/mol. The van der Waals surface area contributed by atoms with Gasteiger partial charge in [-0.1, -0.05) is 0 Å². The lowest BCUT2D eigenvalue weighted by molar-refractivity contribution is -0.131. The molecule has 5 N–H and O–H groups in total. The van der Waals surface area contributed by atoms with E-state index in [1.807, 2.05) is 0 Å². The topological polar surface area (TPSA) is 125 Å². The Morgan fingerprint density at radius 2 is 2.19 bits per heavy atom. The zero-order valence-electron chi connectivity index (χ0n) is 8.77. The quantitative estimate of drug-likeness (QED) is 0.563. The van der Waals surface area contributed by atoms with Crippen LogP contribution < -0.4 is 16.8 Å². The first-order valence-corrected chi connectivity index (χ1v) is 5.04. The van der Waals surface area contributed by atoms with Crippen LogP contribution in [0.5, 0.6) is 0 Å². The first-order chi connectivity index (χ1) is 7.50. The summed E-state index contributed by atoms with van der Waals surface area (Å²) in [5, 5.41) is 2.67. The van der Waals surface area contributed by atoms with Gasteiger partial charge in [0.15, 0.2) is 6.10 Å². The van der Waals surface area contributed by atoms with Crippen molar-refractivity contribution in [2.75, 3.05) is 6.54 Å².